The molecule has 1 aliphatic rings. The summed E-state index contributed by atoms with van der Waals surface area (Å²) in [4.78, 5) is 11.8. The quantitative estimate of drug-likeness (QED) is 0.796. The molecular weight excluding hydrogens is 212 g/mol. The van der Waals surface area contributed by atoms with Crippen LogP contribution in [0.4, 0.5) is 0 Å². The second kappa shape index (κ2) is 4.97. The monoisotopic (exact) mass is 240 g/mol. The fraction of sp³-hybridized carbons (Fsp3) is 0.929. The SMILES string of the molecule is CC[C@@H](N)C(=O)NC1CC(C)(C)CC(C)(C)C1. The van der Waals surface area contributed by atoms with Crippen molar-refractivity contribution in [2.24, 2.45) is 16.6 Å². The van der Waals surface area contributed by atoms with Gasteiger partial charge >= 0.3 is 0 Å². The van der Waals surface area contributed by atoms with E-state index in [0.717, 1.165) is 12.8 Å². The lowest BCUT2D eigenvalue weighted by molar-refractivity contribution is -0.124. The molecule has 0 bridgehead atoms. The molecule has 0 aromatic rings. The number of rotatable bonds is 3. The Morgan fingerprint density at radius 3 is 2.18 bits per heavy atom. The predicted octanol–water partition coefficient (Wildman–Crippen LogP) is 2.44. The van der Waals surface area contributed by atoms with Crippen molar-refractivity contribution in [2.45, 2.75) is 72.4 Å². The number of carbonyl (C=O) groups excluding carboxylic acids is 1. The summed E-state index contributed by atoms with van der Waals surface area (Å²) in [6.07, 6.45) is 4.02. The number of carbonyl (C=O) groups is 1. The van der Waals surface area contributed by atoms with Crippen LogP contribution >= 0.6 is 0 Å². The highest BCUT2D eigenvalue weighted by molar-refractivity contribution is 5.81. The molecule has 3 N–H and O–H groups in total. The van der Waals surface area contributed by atoms with Crippen molar-refractivity contribution in [3.05, 3.63) is 0 Å². The molecule has 17 heavy (non-hydrogen) atoms. The van der Waals surface area contributed by atoms with Crippen molar-refractivity contribution >= 4 is 5.91 Å². The molecule has 1 rings (SSSR count). The van der Waals surface area contributed by atoms with Crippen LogP contribution in [0.25, 0.3) is 0 Å². The molecule has 0 aromatic heterocycles. The molecule has 3 heteroatoms. The summed E-state index contributed by atoms with van der Waals surface area (Å²) < 4.78 is 0. The third kappa shape index (κ3) is 4.30. The van der Waals surface area contributed by atoms with Crippen molar-refractivity contribution < 1.29 is 4.79 Å². The van der Waals surface area contributed by atoms with Crippen molar-refractivity contribution in [3.63, 3.8) is 0 Å². The van der Waals surface area contributed by atoms with Gasteiger partial charge in [0.25, 0.3) is 0 Å². The Hall–Kier alpha value is -0.570. The third-order valence-electron chi connectivity index (χ3n) is 3.68. The van der Waals surface area contributed by atoms with Crippen LogP contribution < -0.4 is 11.1 Å². The van der Waals surface area contributed by atoms with Crippen LogP contribution in [0, 0.1) is 10.8 Å². The van der Waals surface area contributed by atoms with Gasteiger partial charge in [-0.1, -0.05) is 34.6 Å². The van der Waals surface area contributed by atoms with Gasteiger partial charge in [-0.2, -0.15) is 0 Å². The van der Waals surface area contributed by atoms with Crippen molar-refractivity contribution in [3.8, 4) is 0 Å². The van der Waals surface area contributed by atoms with Gasteiger partial charge in [0.2, 0.25) is 5.91 Å². The molecule has 0 unspecified atom stereocenters. The zero-order valence-corrected chi connectivity index (χ0v) is 12.0. The first-order valence-corrected chi connectivity index (χ1v) is 6.71. The average Bonchev–Trinajstić information content (AvgIpc) is 2.11. The summed E-state index contributed by atoms with van der Waals surface area (Å²) in [5.41, 5.74) is 6.36. The molecule has 0 aromatic carbocycles. The molecule has 0 spiro atoms. The van der Waals surface area contributed by atoms with Gasteiger partial charge in [0.05, 0.1) is 6.04 Å². The van der Waals surface area contributed by atoms with E-state index in [4.69, 9.17) is 5.73 Å². The van der Waals surface area contributed by atoms with Crippen LogP contribution in [0.3, 0.4) is 0 Å². The first-order chi connectivity index (χ1) is 7.65. The molecule has 100 valence electrons. The maximum Gasteiger partial charge on any atom is 0.237 e. The van der Waals surface area contributed by atoms with Gasteiger partial charge in [-0.3, -0.25) is 4.79 Å². The van der Waals surface area contributed by atoms with Crippen LogP contribution in [-0.4, -0.2) is 18.0 Å². The van der Waals surface area contributed by atoms with Crippen LogP contribution in [0.2, 0.25) is 0 Å². The molecule has 0 radical (unpaired) electrons. The van der Waals surface area contributed by atoms with Crippen molar-refractivity contribution in [1.82, 2.24) is 5.32 Å². The Labute approximate surface area is 106 Å². The summed E-state index contributed by atoms with van der Waals surface area (Å²) in [6, 6.07) is -0.0815. The van der Waals surface area contributed by atoms with Crippen LogP contribution in [-0.2, 0) is 4.79 Å². The van der Waals surface area contributed by atoms with E-state index in [1.165, 1.54) is 6.42 Å². The van der Waals surface area contributed by atoms with Gasteiger partial charge in [0.1, 0.15) is 0 Å². The molecule has 0 saturated heterocycles. The second-order valence-corrected chi connectivity index (χ2v) is 7.13. The van der Waals surface area contributed by atoms with Gasteiger partial charge in [-0.25, -0.2) is 0 Å². The topological polar surface area (TPSA) is 55.1 Å². The maximum atomic E-state index is 11.8. The van der Waals surface area contributed by atoms with Gasteiger partial charge in [-0.15, -0.1) is 0 Å². The molecule has 1 amide bonds. The van der Waals surface area contributed by atoms with E-state index in [0.29, 0.717) is 17.3 Å². The van der Waals surface area contributed by atoms with Crippen LogP contribution in [0.5, 0.6) is 0 Å². The lowest BCUT2D eigenvalue weighted by atomic mass is 9.63. The first kappa shape index (κ1) is 14.5. The van der Waals surface area contributed by atoms with E-state index in [1.807, 2.05) is 6.92 Å². The van der Waals surface area contributed by atoms with E-state index in [-0.39, 0.29) is 18.0 Å². The molecule has 3 nitrogen and oxygen atoms in total. The zero-order valence-electron chi connectivity index (χ0n) is 12.0. The molecule has 1 aliphatic carbocycles. The van der Waals surface area contributed by atoms with Gasteiger partial charge in [0.15, 0.2) is 0 Å². The number of nitrogens with one attached hydrogen (secondary N) is 1. The smallest absolute Gasteiger partial charge is 0.237 e. The highest BCUT2D eigenvalue weighted by Crippen LogP contribution is 2.45. The predicted molar refractivity (Wildman–Crippen MR) is 71.6 cm³/mol. The highest BCUT2D eigenvalue weighted by Gasteiger charge is 2.39. The Bertz CT molecular complexity index is 268. The number of nitrogens with two attached hydrogens (primary N) is 1. The Kier molecular flexibility index (Phi) is 4.23. The minimum absolute atomic E-state index is 0.00556. The van der Waals surface area contributed by atoms with E-state index in [2.05, 4.69) is 33.0 Å². The number of hydrogen-bond donors (Lipinski definition) is 2. The van der Waals surface area contributed by atoms with Gasteiger partial charge in [0, 0.05) is 6.04 Å². The maximum absolute atomic E-state index is 11.8. The summed E-state index contributed by atoms with van der Waals surface area (Å²) in [5.74, 6) is 0.00556. The normalized spacial score (nSPS) is 25.3. The third-order valence-corrected chi connectivity index (χ3v) is 3.68. The lowest BCUT2D eigenvalue weighted by Gasteiger charge is -2.45. The minimum atomic E-state index is -0.358. The zero-order chi connectivity index (χ0) is 13.3. The van der Waals surface area contributed by atoms with E-state index < -0.39 is 0 Å². The Balaban J connectivity index is 2.63. The summed E-state index contributed by atoms with van der Waals surface area (Å²) in [7, 11) is 0. The first-order valence-electron chi connectivity index (χ1n) is 6.71. The van der Waals surface area contributed by atoms with E-state index in [9.17, 15) is 4.79 Å². The van der Waals surface area contributed by atoms with Crippen molar-refractivity contribution in [2.75, 3.05) is 0 Å². The van der Waals surface area contributed by atoms with Gasteiger partial charge in [-0.05, 0) is 36.5 Å². The molecule has 1 fully saturated rings. The molecular formula is C14H28N2O. The minimum Gasteiger partial charge on any atom is -0.352 e. The summed E-state index contributed by atoms with van der Waals surface area (Å²) in [6.45, 7) is 11.1. The Morgan fingerprint density at radius 2 is 1.76 bits per heavy atom. The fourth-order valence-electron chi connectivity index (χ4n) is 3.44. The van der Waals surface area contributed by atoms with Gasteiger partial charge < -0.3 is 11.1 Å². The number of amides is 1. The summed E-state index contributed by atoms with van der Waals surface area (Å²) in [5, 5.41) is 3.12. The molecule has 0 heterocycles. The second-order valence-electron chi connectivity index (χ2n) is 7.13. The highest BCUT2D eigenvalue weighted by atomic mass is 16.2. The largest absolute Gasteiger partial charge is 0.352 e. The van der Waals surface area contributed by atoms with Crippen molar-refractivity contribution in [1.29, 1.82) is 0 Å². The summed E-state index contributed by atoms with van der Waals surface area (Å²) >= 11 is 0. The molecule has 0 aliphatic heterocycles. The standard InChI is InChI=1S/C14H28N2O/c1-6-11(15)12(17)16-10-7-13(2,3)9-14(4,5)8-10/h10-11H,6-9,15H2,1-5H3,(H,16,17)/t11-/m1/s1. The molecule has 1 atom stereocenters. The number of hydrogen-bond acceptors (Lipinski definition) is 2. The van der Waals surface area contributed by atoms with E-state index >= 15 is 0 Å². The lowest BCUT2D eigenvalue weighted by Crippen LogP contribution is -2.50. The van der Waals surface area contributed by atoms with Crippen LogP contribution in [0.1, 0.15) is 60.3 Å². The van der Waals surface area contributed by atoms with Crippen LogP contribution in [0.15, 0.2) is 0 Å². The fourth-order valence-corrected chi connectivity index (χ4v) is 3.44. The molecule has 1 saturated carbocycles. The Morgan fingerprint density at radius 1 is 1.29 bits per heavy atom. The van der Waals surface area contributed by atoms with E-state index in [1.54, 1.807) is 0 Å². The average molecular weight is 240 g/mol.